The van der Waals surface area contributed by atoms with Crippen molar-refractivity contribution in [1.29, 1.82) is 5.26 Å². The molecule has 1 N–H and O–H groups in total. The van der Waals surface area contributed by atoms with Crippen molar-refractivity contribution in [1.82, 2.24) is 14.4 Å². The maximum atomic E-state index is 10.9. The Labute approximate surface area is 170 Å². The van der Waals surface area contributed by atoms with Gasteiger partial charge in [0.05, 0.1) is 18.4 Å². The van der Waals surface area contributed by atoms with Crippen LogP contribution in [-0.4, -0.2) is 19.5 Å². The number of nitriles is 1. The van der Waals surface area contributed by atoms with Crippen LogP contribution in [0.2, 0.25) is 0 Å². The molecule has 0 radical (unpaired) electrons. The predicted molar refractivity (Wildman–Crippen MR) is 110 cm³/mol. The van der Waals surface area contributed by atoms with Crippen LogP contribution in [-0.2, 0) is 6.42 Å². The molecular formula is C22H14N4O2S. The van der Waals surface area contributed by atoms with Crippen molar-refractivity contribution >= 4 is 17.0 Å². The number of imidazole rings is 1. The van der Waals surface area contributed by atoms with Crippen LogP contribution in [0.25, 0.3) is 28.2 Å². The van der Waals surface area contributed by atoms with E-state index in [9.17, 15) is 10.4 Å². The van der Waals surface area contributed by atoms with Gasteiger partial charge in [-0.1, -0.05) is 30.3 Å². The van der Waals surface area contributed by atoms with E-state index >= 15 is 0 Å². The highest BCUT2D eigenvalue weighted by atomic mass is 32.1. The molecule has 0 bridgehead atoms. The second kappa shape index (κ2) is 6.93. The Kier molecular flexibility index (Phi) is 4.12. The van der Waals surface area contributed by atoms with Gasteiger partial charge < -0.3 is 9.52 Å². The van der Waals surface area contributed by atoms with Crippen LogP contribution in [0.4, 0.5) is 0 Å². The summed E-state index contributed by atoms with van der Waals surface area (Å²) in [7, 11) is 0. The number of aromatic nitrogens is 3. The molecule has 0 saturated heterocycles. The number of nitrogens with zero attached hydrogens (tertiary/aromatic N) is 4. The Bertz CT molecular complexity index is 1350. The van der Waals surface area contributed by atoms with Crippen LogP contribution in [0.15, 0.2) is 70.8 Å². The Hall–Kier alpha value is -3.89. The van der Waals surface area contributed by atoms with Gasteiger partial charge >= 0.3 is 0 Å². The van der Waals surface area contributed by atoms with Gasteiger partial charge in [-0.05, 0) is 18.2 Å². The van der Waals surface area contributed by atoms with E-state index in [0.29, 0.717) is 39.8 Å². The normalized spacial score (nSPS) is 11.0. The number of fused-ring (bicyclic) bond motifs is 1. The smallest absolute Gasteiger partial charge is 0.219 e. The highest BCUT2D eigenvalue weighted by Gasteiger charge is 2.20. The van der Waals surface area contributed by atoms with Crippen LogP contribution < -0.4 is 0 Å². The highest BCUT2D eigenvalue weighted by molar-refractivity contribution is 7.10. The van der Waals surface area contributed by atoms with E-state index in [1.807, 2.05) is 41.8 Å². The van der Waals surface area contributed by atoms with Crippen molar-refractivity contribution in [3.8, 4) is 34.5 Å². The van der Waals surface area contributed by atoms with E-state index in [0.717, 1.165) is 11.1 Å². The summed E-state index contributed by atoms with van der Waals surface area (Å²) in [5.74, 6) is 0.761. The van der Waals surface area contributed by atoms with Crippen LogP contribution in [0, 0.1) is 11.3 Å². The van der Waals surface area contributed by atoms with Crippen molar-refractivity contribution < 1.29 is 9.52 Å². The zero-order valence-electron chi connectivity index (χ0n) is 15.1. The summed E-state index contributed by atoms with van der Waals surface area (Å²) >= 11 is 1.35. The summed E-state index contributed by atoms with van der Waals surface area (Å²) in [5.41, 5.74) is 4.08. The number of hydrogen-bond acceptors (Lipinski definition) is 6. The minimum Gasteiger partial charge on any atom is -0.493 e. The van der Waals surface area contributed by atoms with E-state index in [1.54, 1.807) is 29.0 Å². The Morgan fingerprint density at radius 1 is 1.10 bits per heavy atom. The van der Waals surface area contributed by atoms with E-state index in [2.05, 4.69) is 11.1 Å². The van der Waals surface area contributed by atoms with E-state index < -0.39 is 0 Å². The number of furan rings is 1. The largest absolute Gasteiger partial charge is 0.493 e. The first-order valence-electron chi connectivity index (χ1n) is 8.90. The molecule has 0 amide bonds. The van der Waals surface area contributed by atoms with Crippen LogP contribution in [0.3, 0.4) is 0 Å². The molecule has 0 fully saturated rings. The van der Waals surface area contributed by atoms with Gasteiger partial charge in [0.25, 0.3) is 0 Å². The van der Waals surface area contributed by atoms with Gasteiger partial charge in [-0.3, -0.25) is 4.40 Å². The predicted octanol–water partition coefficient (Wildman–Crippen LogP) is 4.89. The van der Waals surface area contributed by atoms with Gasteiger partial charge in [0.15, 0.2) is 5.65 Å². The molecule has 1 aromatic carbocycles. The fourth-order valence-corrected chi connectivity index (χ4v) is 3.92. The van der Waals surface area contributed by atoms with Gasteiger partial charge in [0.1, 0.15) is 28.1 Å². The summed E-state index contributed by atoms with van der Waals surface area (Å²) in [6, 6.07) is 17.3. The average Bonchev–Trinajstić information content (AvgIpc) is 3.50. The van der Waals surface area contributed by atoms with Gasteiger partial charge in [-0.15, -0.1) is 11.3 Å². The molecule has 0 atom stereocenters. The minimum atomic E-state index is 0.0490. The lowest BCUT2D eigenvalue weighted by atomic mass is 10.1. The van der Waals surface area contributed by atoms with Crippen molar-refractivity contribution in [3.63, 3.8) is 0 Å². The standard InChI is InChI=1S/C22H14N4O2S/c23-11-17-9-15(13-29-17)20-21-25-18(10-16-7-4-8-28-16)22(27)26(21)12-19(24-20)14-5-2-1-3-6-14/h1-9,12-13,27H,10H2. The van der Waals surface area contributed by atoms with Gasteiger partial charge in [0, 0.05) is 22.7 Å². The maximum Gasteiger partial charge on any atom is 0.219 e. The molecule has 4 heterocycles. The molecule has 0 aliphatic carbocycles. The molecule has 29 heavy (non-hydrogen) atoms. The van der Waals surface area contributed by atoms with Crippen LogP contribution in [0.5, 0.6) is 5.88 Å². The van der Waals surface area contributed by atoms with Gasteiger partial charge in [-0.2, -0.15) is 5.26 Å². The van der Waals surface area contributed by atoms with Crippen molar-refractivity contribution in [3.05, 3.63) is 82.7 Å². The maximum absolute atomic E-state index is 10.9. The van der Waals surface area contributed by atoms with E-state index in [4.69, 9.17) is 9.40 Å². The third-order valence-corrected chi connectivity index (χ3v) is 5.46. The SMILES string of the molecule is N#Cc1cc(-c2nc(-c3ccccc3)cn3c(O)c(Cc4ccco4)nc23)cs1. The first-order chi connectivity index (χ1) is 14.2. The Morgan fingerprint density at radius 2 is 1.97 bits per heavy atom. The third kappa shape index (κ3) is 3.06. The first-order valence-corrected chi connectivity index (χ1v) is 9.78. The molecule has 0 spiro atoms. The second-order valence-electron chi connectivity index (χ2n) is 6.48. The van der Waals surface area contributed by atoms with E-state index in [1.165, 1.54) is 11.3 Å². The van der Waals surface area contributed by atoms with Gasteiger partial charge in [-0.25, -0.2) is 9.97 Å². The molecule has 0 aliphatic heterocycles. The fraction of sp³-hybridized carbons (Fsp3) is 0.0455. The summed E-state index contributed by atoms with van der Waals surface area (Å²) in [6.07, 6.45) is 3.74. The Balaban J connectivity index is 1.74. The third-order valence-electron chi connectivity index (χ3n) is 4.63. The Morgan fingerprint density at radius 3 is 2.69 bits per heavy atom. The lowest BCUT2D eigenvalue weighted by molar-refractivity contribution is 0.438. The first kappa shape index (κ1) is 17.2. The topological polar surface area (TPSA) is 87.4 Å². The number of hydrogen-bond donors (Lipinski definition) is 1. The van der Waals surface area contributed by atoms with Crippen molar-refractivity contribution in [2.24, 2.45) is 0 Å². The molecule has 0 unspecified atom stereocenters. The summed E-state index contributed by atoms with van der Waals surface area (Å²) in [6.45, 7) is 0. The van der Waals surface area contributed by atoms with Crippen LogP contribution in [0.1, 0.15) is 16.3 Å². The fourth-order valence-electron chi connectivity index (χ4n) is 3.24. The molecule has 0 saturated carbocycles. The lowest BCUT2D eigenvalue weighted by Gasteiger charge is -2.07. The van der Waals surface area contributed by atoms with Crippen molar-refractivity contribution in [2.75, 3.05) is 0 Å². The number of benzene rings is 1. The zero-order valence-corrected chi connectivity index (χ0v) is 15.9. The molecule has 0 aliphatic rings. The van der Waals surface area contributed by atoms with Gasteiger partial charge in [0.2, 0.25) is 5.88 Å². The molecule has 7 heteroatoms. The second-order valence-corrected chi connectivity index (χ2v) is 7.40. The number of thiophene rings is 1. The summed E-state index contributed by atoms with van der Waals surface area (Å²) in [4.78, 5) is 10.1. The monoisotopic (exact) mass is 398 g/mol. The molecular weight excluding hydrogens is 384 g/mol. The summed E-state index contributed by atoms with van der Waals surface area (Å²) < 4.78 is 7.05. The molecule has 4 aromatic heterocycles. The molecule has 5 aromatic rings. The van der Waals surface area contributed by atoms with Crippen LogP contribution >= 0.6 is 11.3 Å². The molecule has 6 nitrogen and oxygen atoms in total. The van der Waals surface area contributed by atoms with Crippen molar-refractivity contribution in [2.45, 2.75) is 6.42 Å². The highest BCUT2D eigenvalue weighted by Crippen LogP contribution is 2.33. The quantitative estimate of drug-likeness (QED) is 0.466. The molecule has 140 valence electrons. The zero-order chi connectivity index (χ0) is 19.8. The minimum absolute atomic E-state index is 0.0490. The number of rotatable bonds is 4. The average molecular weight is 398 g/mol. The lowest BCUT2D eigenvalue weighted by Crippen LogP contribution is -1.95. The molecule has 5 rings (SSSR count). The number of aromatic hydroxyl groups is 1. The van der Waals surface area contributed by atoms with E-state index in [-0.39, 0.29) is 5.88 Å². The summed E-state index contributed by atoms with van der Waals surface area (Å²) in [5, 5.41) is 22.0.